The van der Waals surface area contributed by atoms with Crippen LogP contribution in [-0.2, 0) is 27.8 Å². The van der Waals surface area contributed by atoms with Gasteiger partial charge in [0.2, 0.25) is 15.9 Å². The van der Waals surface area contributed by atoms with Gasteiger partial charge < -0.3 is 19.5 Å². The fourth-order valence-electron chi connectivity index (χ4n) is 3.99. The fraction of sp³-hybridized carbons (Fsp3) is 0.240. The molecule has 1 atom stereocenters. The third kappa shape index (κ3) is 4.57. The van der Waals surface area contributed by atoms with E-state index in [9.17, 15) is 13.2 Å². The third-order valence-corrected chi connectivity index (χ3v) is 7.70. The van der Waals surface area contributed by atoms with E-state index >= 15 is 0 Å². The minimum atomic E-state index is -4.13. The molecule has 1 heterocycles. The van der Waals surface area contributed by atoms with E-state index < -0.39 is 22.0 Å². The van der Waals surface area contributed by atoms with Gasteiger partial charge in [-0.25, -0.2) is 8.42 Å². The van der Waals surface area contributed by atoms with Crippen molar-refractivity contribution in [1.82, 2.24) is 4.31 Å². The minimum absolute atomic E-state index is 0.0551. The Hall–Kier alpha value is -3.56. The number of benzene rings is 3. The highest BCUT2D eigenvalue weighted by Gasteiger charge is 2.41. The molecule has 0 aliphatic carbocycles. The first-order valence-electron chi connectivity index (χ1n) is 10.6. The number of nitrogens with zero attached hydrogens (tertiary/aromatic N) is 1. The molecule has 1 aliphatic rings. The zero-order valence-electron chi connectivity index (χ0n) is 19.1. The predicted octanol–water partition coefficient (Wildman–Crippen LogP) is 3.47. The summed E-state index contributed by atoms with van der Waals surface area (Å²) in [4.78, 5) is 13.3. The summed E-state index contributed by atoms with van der Waals surface area (Å²) in [6, 6.07) is 18.0. The van der Waals surface area contributed by atoms with Gasteiger partial charge in [0.15, 0.2) is 0 Å². The highest BCUT2D eigenvalue weighted by Crippen LogP contribution is 2.35. The number of methoxy groups -OCH3 is 3. The van der Waals surface area contributed by atoms with Gasteiger partial charge >= 0.3 is 0 Å². The van der Waals surface area contributed by atoms with Gasteiger partial charge in [0, 0.05) is 18.3 Å². The monoisotopic (exact) mass is 482 g/mol. The average Bonchev–Trinajstić information content (AvgIpc) is 2.87. The number of nitrogens with one attached hydrogen (secondary N) is 1. The number of hydrogen-bond acceptors (Lipinski definition) is 6. The molecule has 9 heteroatoms. The van der Waals surface area contributed by atoms with Crippen LogP contribution >= 0.6 is 0 Å². The van der Waals surface area contributed by atoms with Gasteiger partial charge in [-0.05, 0) is 53.9 Å². The lowest BCUT2D eigenvalue weighted by molar-refractivity contribution is -0.120. The molecule has 0 fully saturated rings. The van der Waals surface area contributed by atoms with Gasteiger partial charge in [0.05, 0.1) is 21.3 Å². The van der Waals surface area contributed by atoms with E-state index in [0.717, 1.165) is 11.1 Å². The number of rotatable bonds is 7. The minimum Gasteiger partial charge on any atom is -0.497 e. The van der Waals surface area contributed by atoms with Crippen LogP contribution in [0.2, 0.25) is 0 Å². The standard InChI is InChI=1S/C25H26N2O6S/c1-31-20-10-8-19(9-11-20)26-25(28)22-14-17-6-4-5-7-18(17)16-27(22)34(29,30)24-15-21(32-2)12-13-23(24)33-3/h4-13,15,22H,14,16H2,1-3H3,(H,26,28)/t22-/m1/s1. The van der Waals surface area contributed by atoms with Crippen molar-refractivity contribution in [3.05, 3.63) is 77.9 Å². The zero-order valence-corrected chi connectivity index (χ0v) is 20.0. The summed E-state index contributed by atoms with van der Waals surface area (Å²) < 4.78 is 44.7. The van der Waals surface area contributed by atoms with Gasteiger partial charge in [0.1, 0.15) is 28.2 Å². The first kappa shape index (κ1) is 23.6. The molecule has 0 saturated heterocycles. The van der Waals surface area contributed by atoms with Crippen molar-refractivity contribution in [3.63, 3.8) is 0 Å². The van der Waals surface area contributed by atoms with Crippen LogP contribution < -0.4 is 19.5 Å². The van der Waals surface area contributed by atoms with Crippen molar-refractivity contribution in [1.29, 1.82) is 0 Å². The van der Waals surface area contributed by atoms with Crippen LogP contribution in [0.4, 0.5) is 5.69 Å². The van der Waals surface area contributed by atoms with Crippen LogP contribution in [-0.4, -0.2) is 46.0 Å². The molecule has 178 valence electrons. The smallest absolute Gasteiger partial charge is 0.247 e. The van der Waals surface area contributed by atoms with Crippen molar-refractivity contribution in [2.75, 3.05) is 26.6 Å². The molecule has 34 heavy (non-hydrogen) atoms. The van der Waals surface area contributed by atoms with Crippen molar-refractivity contribution >= 4 is 21.6 Å². The van der Waals surface area contributed by atoms with Gasteiger partial charge in [-0.15, -0.1) is 0 Å². The molecule has 1 aliphatic heterocycles. The van der Waals surface area contributed by atoms with Gasteiger partial charge in [-0.3, -0.25) is 4.79 Å². The lowest BCUT2D eigenvalue weighted by Gasteiger charge is -2.35. The van der Waals surface area contributed by atoms with Crippen molar-refractivity contribution in [2.24, 2.45) is 0 Å². The van der Waals surface area contributed by atoms with Crippen molar-refractivity contribution < 1.29 is 27.4 Å². The second kappa shape index (κ2) is 9.74. The number of hydrogen-bond donors (Lipinski definition) is 1. The lowest BCUT2D eigenvalue weighted by Crippen LogP contribution is -2.50. The highest BCUT2D eigenvalue weighted by atomic mass is 32.2. The summed E-state index contributed by atoms with van der Waals surface area (Å²) in [5.74, 6) is 0.772. The molecule has 0 saturated carbocycles. The Kier molecular flexibility index (Phi) is 6.76. The first-order chi connectivity index (χ1) is 16.4. The van der Waals surface area contributed by atoms with Gasteiger partial charge in [-0.1, -0.05) is 24.3 Å². The number of carbonyl (C=O) groups is 1. The number of fused-ring (bicyclic) bond motifs is 1. The number of amides is 1. The lowest BCUT2D eigenvalue weighted by atomic mass is 9.95. The average molecular weight is 483 g/mol. The van der Waals surface area contributed by atoms with Crippen LogP contribution in [0.3, 0.4) is 0 Å². The Morgan fingerprint density at radius 2 is 1.53 bits per heavy atom. The van der Waals surface area contributed by atoms with Gasteiger partial charge in [0.25, 0.3) is 0 Å². The maximum absolute atomic E-state index is 13.9. The molecule has 0 spiro atoms. The highest BCUT2D eigenvalue weighted by molar-refractivity contribution is 7.89. The molecule has 0 bridgehead atoms. The normalized spacial score (nSPS) is 15.8. The quantitative estimate of drug-likeness (QED) is 0.554. The van der Waals surface area contributed by atoms with Crippen LogP contribution in [0.15, 0.2) is 71.6 Å². The molecule has 0 unspecified atom stereocenters. The third-order valence-electron chi connectivity index (χ3n) is 5.82. The largest absolute Gasteiger partial charge is 0.497 e. The Labute approximate surface area is 199 Å². The maximum atomic E-state index is 13.9. The topological polar surface area (TPSA) is 94.2 Å². The van der Waals surface area contributed by atoms with E-state index in [-0.39, 0.29) is 23.6 Å². The predicted molar refractivity (Wildman–Crippen MR) is 128 cm³/mol. The van der Waals surface area contributed by atoms with Crippen LogP contribution in [0.1, 0.15) is 11.1 Å². The molecule has 1 amide bonds. The van der Waals surface area contributed by atoms with E-state index in [0.29, 0.717) is 17.2 Å². The van der Waals surface area contributed by atoms with E-state index in [1.54, 1.807) is 37.4 Å². The molecule has 0 aromatic heterocycles. The number of carbonyl (C=O) groups excluding carboxylic acids is 1. The van der Waals surface area contributed by atoms with Crippen LogP contribution in [0.25, 0.3) is 0 Å². The molecular weight excluding hydrogens is 456 g/mol. The Balaban J connectivity index is 1.74. The summed E-state index contributed by atoms with van der Waals surface area (Å²) in [7, 11) is 0.290. The number of sulfonamides is 1. The number of ether oxygens (including phenoxy) is 3. The second-order valence-electron chi connectivity index (χ2n) is 7.77. The molecule has 1 N–H and O–H groups in total. The summed E-state index contributed by atoms with van der Waals surface area (Å²) in [6.45, 7) is 0.0551. The van der Waals surface area contributed by atoms with E-state index in [2.05, 4.69) is 5.32 Å². The fourth-order valence-corrected chi connectivity index (χ4v) is 5.72. The van der Waals surface area contributed by atoms with Gasteiger partial charge in [-0.2, -0.15) is 4.31 Å². The number of anilines is 1. The summed E-state index contributed by atoms with van der Waals surface area (Å²) in [5, 5.41) is 2.84. The Bertz CT molecular complexity index is 1290. The van der Waals surface area contributed by atoms with E-state index in [1.807, 2.05) is 24.3 Å². The Morgan fingerprint density at radius 3 is 2.18 bits per heavy atom. The van der Waals surface area contributed by atoms with E-state index in [4.69, 9.17) is 14.2 Å². The zero-order chi connectivity index (χ0) is 24.3. The van der Waals surface area contributed by atoms with Crippen LogP contribution in [0, 0.1) is 0 Å². The molecule has 3 aromatic rings. The first-order valence-corrected chi connectivity index (χ1v) is 12.1. The summed E-state index contributed by atoms with van der Waals surface area (Å²) in [6.07, 6.45) is 0.240. The molecular formula is C25H26N2O6S. The summed E-state index contributed by atoms with van der Waals surface area (Å²) in [5.41, 5.74) is 2.32. The van der Waals surface area contributed by atoms with Crippen molar-refractivity contribution in [3.8, 4) is 17.2 Å². The molecule has 4 rings (SSSR count). The summed E-state index contributed by atoms with van der Waals surface area (Å²) >= 11 is 0. The SMILES string of the molecule is COc1ccc(NC(=O)[C@H]2Cc3ccccc3CN2S(=O)(=O)c2cc(OC)ccc2OC)cc1. The van der Waals surface area contributed by atoms with E-state index in [1.165, 1.54) is 30.7 Å². The van der Waals surface area contributed by atoms with Crippen LogP contribution in [0.5, 0.6) is 17.2 Å². The maximum Gasteiger partial charge on any atom is 0.247 e. The molecule has 3 aromatic carbocycles. The Morgan fingerprint density at radius 1 is 0.882 bits per heavy atom. The van der Waals surface area contributed by atoms with Crippen molar-refractivity contribution in [2.45, 2.75) is 23.9 Å². The second-order valence-corrected chi connectivity index (χ2v) is 9.63. The molecule has 8 nitrogen and oxygen atoms in total. The molecule has 0 radical (unpaired) electrons.